The molecule has 0 saturated carbocycles. The largest absolute Gasteiger partial charge is 0.293 e. The first-order valence-electron chi connectivity index (χ1n) is 5.32. The van der Waals surface area contributed by atoms with Crippen LogP contribution in [0.1, 0.15) is 6.42 Å². The summed E-state index contributed by atoms with van der Waals surface area (Å²) < 4.78 is 0. The molecule has 0 aromatic rings. The van der Waals surface area contributed by atoms with Crippen molar-refractivity contribution in [3.05, 3.63) is 0 Å². The van der Waals surface area contributed by atoms with Crippen LogP contribution >= 0.6 is 0 Å². The van der Waals surface area contributed by atoms with Crippen molar-refractivity contribution in [2.75, 3.05) is 61.3 Å². The van der Waals surface area contributed by atoms with E-state index in [-0.39, 0.29) is 0 Å². The summed E-state index contributed by atoms with van der Waals surface area (Å²) in [5.41, 5.74) is 0. The fourth-order valence-corrected chi connectivity index (χ4v) is 2.08. The van der Waals surface area contributed by atoms with Crippen molar-refractivity contribution in [3.8, 4) is 0 Å². The zero-order chi connectivity index (χ0) is 10.6. The fraction of sp³-hybridized carbons (Fsp3) is 1.00. The maximum atomic E-state index is 2.38. The van der Waals surface area contributed by atoms with Crippen molar-refractivity contribution in [1.82, 2.24) is 19.6 Å². The van der Waals surface area contributed by atoms with Crippen molar-refractivity contribution >= 4 is 0 Å². The van der Waals surface area contributed by atoms with Crippen molar-refractivity contribution in [3.63, 3.8) is 0 Å². The Morgan fingerprint density at radius 1 is 0.571 bits per heavy atom. The zero-order valence-electron chi connectivity index (χ0n) is 10.0. The monoisotopic (exact) mass is 200 g/mol. The minimum atomic E-state index is 1.04. The van der Waals surface area contributed by atoms with Gasteiger partial charge >= 0.3 is 0 Å². The summed E-state index contributed by atoms with van der Waals surface area (Å²) in [6.45, 7) is 5.55. The summed E-state index contributed by atoms with van der Waals surface area (Å²) in [5, 5.41) is 0. The molecule has 1 heterocycles. The van der Waals surface area contributed by atoms with Gasteiger partial charge in [0.2, 0.25) is 0 Å². The summed E-state index contributed by atoms with van der Waals surface area (Å²) in [6.07, 6.45) is 1.26. The average Bonchev–Trinajstić information content (AvgIpc) is 2.01. The topological polar surface area (TPSA) is 13.0 Å². The van der Waals surface area contributed by atoms with E-state index in [1.165, 1.54) is 19.5 Å². The van der Waals surface area contributed by atoms with E-state index in [4.69, 9.17) is 0 Å². The molecule has 4 nitrogen and oxygen atoms in total. The molecule has 4 heteroatoms. The molecule has 14 heavy (non-hydrogen) atoms. The maximum Gasteiger partial charge on any atom is 0.0523 e. The van der Waals surface area contributed by atoms with Crippen molar-refractivity contribution in [2.24, 2.45) is 0 Å². The van der Waals surface area contributed by atoms with Gasteiger partial charge in [-0.3, -0.25) is 19.6 Å². The summed E-state index contributed by atoms with van der Waals surface area (Å²) in [5.74, 6) is 0. The van der Waals surface area contributed by atoms with E-state index in [2.05, 4.69) is 47.8 Å². The van der Waals surface area contributed by atoms with E-state index >= 15 is 0 Å². The Labute approximate surface area is 88.1 Å². The summed E-state index contributed by atoms with van der Waals surface area (Å²) in [7, 11) is 8.74. The molecule has 1 aliphatic rings. The van der Waals surface area contributed by atoms with Gasteiger partial charge in [0.05, 0.1) is 20.0 Å². The fourth-order valence-electron chi connectivity index (χ4n) is 2.08. The first-order chi connectivity index (χ1) is 6.58. The molecule has 1 rings (SSSR count). The molecule has 0 aromatic carbocycles. The summed E-state index contributed by atoms with van der Waals surface area (Å²) in [4.78, 5) is 9.46. The highest BCUT2D eigenvalue weighted by molar-refractivity contribution is 4.60. The molecule has 0 N–H and O–H groups in total. The van der Waals surface area contributed by atoms with E-state index < -0.39 is 0 Å². The van der Waals surface area contributed by atoms with Gasteiger partial charge in [-0.05, 0) is 34.6 Å². The van der Waals surface area contributed by atoms with Gasteiger partial charge in [-0.1, -0.05) is 0 Å². The predicted octanol–water partition coefficient (Wildman–Crippen LogP) is -0.0102. The molecule has 1 aliphatic heterocycles. The van der Waals surface area contributed by atoms with Gasteiger partial charge < -0.3 is 0 Å². The lowest BCUT2D eigenvalue weighted by atomic mass is 10.3. The van der Waals surface area contributed by atoms with Gasteiger partial charge in [-0.25, -0.2) is 0 Å². The molecule has 0 radical (unpaired) electrons. The molecule has 0 aliphatic carbocycles. The van der Waals surface area contributed by atoms with Crippen LogP contribution in [0.15, 0.2) is 0 Å². The highest BCUT2D eigenvalue weighted by atomic mass is 15.4. The number of nitrogens with zero attached hydrogens (tertiary/aromatic N) is 4. The zero-order valence-corrected chi connectivity index (χ0v) is 10.0. The highest BCUT2D eigenvalue weighted by Crippen LogP contribution is 1.99. The smallest absolute Gasteiger partial charge is 0.0523 e. The Balaban J connectivity index is 2.44. The molecule has 0 amide bonds. The highest BCUT2D eigenvalue weighted by Gasteiger charge is 2.10. The molecular weight excluding hydrogens is 176 g/mol. The van der Waals surface area contributed by atoms with Crippen LogP contribution in [0.25, 0.3) is 0 Å². The Kier molecular flexibility index (Phi) is 4.81. The van der Waals surface area contributed by atoms with Gasteiger partial charge in [0, 0.05) is 13.1 Å². The predicted molar refractivity (Wildman–Crippen MR) is 60.0 cm³/mol. The number of hydrogen-bond acceptors (Lipinski definition) is 4. The molecule has 1 fully saturated rings. The SMILES string of the molecule is CN1CCCN(C)CN(C)CN(C)C1. The standard InChI is InChI=1S/C10H24N4/c1-11-6-5-7-12(2)9-14(4)10-13(3)8-11/h5-10H2,1-4H3. The first kappa shape index (κ1) is 11.9. The van der Waals surface area contributed by atoms with Gasteiger partial charge in [-0.2, -0.15) is 0 Å². The Bertz CT molecular complexity index is 146. The number of rotatable bonds is 0. The van der Waals surface area contributed by atoms with Gasteiger partial charge in [-0.15, -0.1) is 0 Å². The minimum absolute atomic E-state index is 1.04. The summed E-state index contributed by atoms with van der Waals surface area (Å²) in [6, 6.07) is 0. The molecule has 1 saturated heterocycles. The minimum Gasteiger partial charge on any atom is -0.293 e. The lowest BCUT2D eigenvalue weighted by Gasteiger charge is -2.33. The number of hydrogen-bond donors (Lipinski definition) is 0. The van der Waals surface area contributed by atoms with Crippen LogP contribution in [0.4, 0.5) is 0 Å². The molecule has 0 spiro atoms. The van der Waals surface area contributed by atoms with Gasteiger partial charge in [0.25, 0.3) is 0 Å². The van der Waals surface area contributed by atoms with Crippen LogP contribution in [0.2, 0.25) is 0 Å². The van der Waals surface area contributed by atoms with E-state index in [9.17, 15) is 0 Å². The molecular formula is C10H24N4. The second kappa shape index (κ2) is 5.66. The maximum absolute atomic E-state index is 2.38. The van der Waals surface area contributed by atoms with Crippen LogP contribution in [0.5, 0.6) is 0 Å². The van der Waals surface area contributed by atoms with Crippen LogP contribution < -0.4 is 0 Å². The molecule has 0 aromatic heterocycles. The third kappa shape index (κ3) is 4.37. The average molecular weight is 200 g/mol. The second-order valence-electron chi connectivity index (χ2n) is 4.65. The van der Waals surface area contributed by atoms with Crippen LogP contribution in [-0.4, -0.2) is 80.9 Å². The van der Waals surface area contributed by atoms with E-state index in [0.717, 1.165) is 20.0 Å². The Hall–Kier alpha value is -0.160. The van der Waals surface area contributed by atoms with Gasteiger partial charge in [0.1, 0.15) is 0 Å². The molecule has 0 unspecified atom stereocenters. The normalized spacial score (nSPS) is 26.6. The Morgan fingerprint density at radius 2 is 0.929 bits per heavy atom. The molecule has 84 valence electrons. The third-order valence-corrected chi connectivity index (χ3v) is 2.53. The van der Waals surface area contributed by atoms with Crippen LogP contribution in [0, 0.1) is 0 Å². The lowest BCUT2D eigenvalue weighted by Crippen LogP contribution is -2.45. The van der Waals surface area contributed by atoms with Crippen molar-refractivity contribution in [2.45, 2.75) is 6.42 Å². The van der Waals surface area contributed by atoms with Crippen LogP contribution in [0.3, 0.4) is 0 Å². The molecule has 0 bridgehead atoms. The first-order valence-corrected chi connectivity index (χ1v) is 5.32. The van der Waals surface area contributed by atoms with Gasteiger partial charge in [0.15, 0.2) is 0 Å². The van der Waals surface area contributed by atoms with E-state index in [0.29, 0.717) is 0 Å². The van der Waals surface area contributed by atoms with Crippen molar-refractivity contribution in [1.29, 1.82) is 0 Å². The van der Waals surface area contributed by atoms with E-state index in [1.807, 2.05) is 0 Å². The van der Waals surface area contributed by atoms with Crippen molar-refractivity contribution < 1.29 is 0 Å². The Morgan fingerprint density at radius 3 is 1.36 bits per heavy atom. The third-order valence-electron chi connectivity index (χ3n) is 2.53. The lowest BCUT2D eigenvalue weighted by molar-refractivity contribution is 0.0684. The summed E-state index contributed by atoms with van der Waals surface area (Å²) >= 11 is 0. The quantitative estimate of drug-likeness (QED) is 0.545. The molecule has 0 atom stereocenters. The second-order valence-corrected chi connectivity index (χ2v) is 4.65. The van der Waals surface area contributed by atoms with E-state index in [1.54, 1.807) is 0 Å². The van der Waals surface area contributed by atoms with Crippen LogP contribution in [-0.2, 0) is 0 Å².